The lowest BCUT2D eigenvalue weighted by Crippen LogP contribution is -2.16. The third-order valence-corrected chi connectivity index (χ3v) is 3.63. The van der Waals surface area contributed by atoms with E-state index in [2.05, 4.69) is 36.1 Å². The molecule has 2 aromatic carbocycles. The van der Waals surface area contributed by atoms with Gasteiger partial charge in [0.25, 0.3) is 0 Å². The second-order valence-electron chi connectivity index (χ2n) is 4.61. The molecule has 2 rings (SSSR count). The van der Waals surface area contributed by atoms with Crippen molar-refractivity contribution in [3.05, 3.63) is 58.6 Å². The Labute approximate surface area is 119 Å². The normalized spacial score (nSPS) is 10.5. The van der Waals surface area contributed by atoms with Crippen molar-refractivity contribution in [3.63, 3.8) is 0 Å². The molecule has 0 saturated heterocycles. The van der Waals surface area contributed by atoms with E-state index in [-0.39, 0.29) is 5.75 Å². The Bertz CT molecular complexity index is 531. The maximum absolute atomic E-state index is 9.86. The van der Waals surface area contributed by atoms with E-state index < -0.39 is 0 Å². The van der Waals surface area contributed by atoms with Crippen molar-refractivity contribution in [1.82, 2.24) is 0 Å². The fourth-order valence-corrected chi connectivity index (χ4v) is 2.25. The first-order chi connectivity index (χ1) is 9.11. The van der Waals surface area contributed by atoms with Crippen LogP contribution in [0.4, 0.5) is 5.69 Å². The largest absolute Gasteiger partial charge is 0.508 e. The second-order valence-corrected chi connectivity index (χ2v) is 5.02. The smallest absolute Gasteiger partial charge is 0.122 e. The number of aryl methyl sites for hydroxylation is 1. The molecule has 0 amide bonds. The summed E-state index contributed by atoms with van der Waals surface area (Å²) in [4.78, 5) is 2.07. The fraction of sp³-hybridized carbons (Fsp3) is 0.250. The third kappa shape index (κ3) is 3.21. The zero-order chi connectivity index (χ0) is 13.8. The van der Waals surface area contributed by atoms with Crippen LogP contribution in [0.2, 0.25) is 5.02 Å². The lowest BCUT2D eigenvalue weighted by atomic mass is 10.1. The maximum Gasteiger partial charge on any atom is 0.122 e. The van der Waals surface area contributed by atoms with Gasteiger partial charge >= 0.3 is 0 Å². The Kier molecular flexibility index (Phi) is 4.33. The molecule has 0 bridgehead atoms. The minimum Gasteiger partial charge on any atom is -0.508 e. The average molecular weight is 276 g/mol. The summed E-state index contributed by atoms with van der Waals surface area (Å²) in [5.41, 5.74) is 3.18. The Morgan fingerprint density at radius 1 is 1.11 bits per heavy atom. The lowest BCUT2D eigenvalue weighted by Gasteiger charge is -2.21. The number of hydrogen-bond acceptors (Lipinski definition) is 2. The minimum absolute atomic E-state index is 0.240. The zero-order valence-electron chi connectivity index (χ0n) is 11.2. The molecule has 0 unspecified atom stereocenters. The number of aromatic hydroxyl groups is 1. The van der Waals surface area contributed by atoms with E-state index >= 15 is 0 Å². The van der Waals surface area contributed by atoms with E-state index in [4.69, 9.17) is 11.6 Å². The van der Waals surface area contributed by atoms with E-state index in [1.165, 1.54) is 5.56 Å². The van der Waals surface area contributed by atoms with E-state index in [9.17, 15) is 5.11 Å². The topological polar surface area (TPSA) is 23.5 Å². The van der Waals surface area contributed by atoms with Crippen LogP contribution in [-0.4, -0.2) is 12.2 Å². The van der Waals surface area contributed by atoms with Crippen molar-refractivity contribution in [2.75, 3.05) is 11.9 Å². The molecule has 0 aliphatic rings. The van der Waals surface area contributed by atoms with Crippen LogP contribution in [0, 0.1) is 0 Å². The Hall–Kier alpha value is -1.67. The number of phenols is 1. The molecule has 0 heterocycles. The van der Waals surface area contributed by atoms with Gasteiger partial charge in [0.2, 0.25) is 0 Å². The van der Waals surface area contributed by atoms with Gasteiger partial charge in [0.15, 0.2) is 0 Å². The molecular formula is C16H18ClNO. The molecule has 0 aliphatic heterocycles. The number of phenolic OH excluding ortho intramolecular Hbond substituents is 1. The first kappa shape index (κ1) is 13.8. The number of benzene rings is 2. The molecule has 2 nitrogen and oxygen atoms in total. The molecule has 100 valence electrons. The Morgan fingerprint density at radius 2 is 1.79 bits per heavy atom. The molecule has 19 heavy (non-hydrogen) atoms. The van der Waals surface area contributed by atoms with Gasteiger partial charge in [-0.25, -0.2) is 0 Å². The number of hydrogen-bond donors (Lipinski definition) is 1. The first-order valence-corrected chi connectivity index (χ1v) is 6.76. The summed E-state index contributed by atoms with van der Waals surface area (Å²) in [6.45, 7) is 2.72. The van der Waals surface area contributed by atoms with Crippen LogP contribution in [0.15, 0.2) is 42.5 Å². The first-order valence-electron chi connectivity index (χ1n) is 6.38. The van der Waals surface area contributed by atoms with E-state index in [0.717, 1.165) is 17.7 Å². The maximum atomic E-state index is 9.86. The van der Waals surface area contributed by atoms with E-state index in [1.54, 1.807) is 18.2 Å². The van der Waals surface area contributed by atoms with Gasteiger partial charge in [0, 0.05) is 29.9 Å². The van der Waals surface area contributed by atoms with Crippen molar-refractivity contribution in [3.8, 4) is 5.75 Å². The summed E-state index contributed by atoms with van der Waals surface area (Å²) in [5.74, 6) is 0.240. The molecule has 3 heteroatoms. The standard InChI is InChI=1S/C16H18ClNO/c1-3-12-7-9-13(10-8-12)18(2)11-14-15(17)5-4-6-16(14)19/h4-10,19H,3,11H2,1-2H3. The summed E-state index contributed by atoms with van der Waals surface area (Å²) < 4.78 is 0. The van der Waals surface area contributed by atoms with Crippen LogP contribution in [-0.2, 0) is 13.0 Å². The van der Waals surface area contributed by atoms with Crippen LogP contribution < -0.4 is 4.90 Å². The molecule has 0 aromatic heterocycles. The lowest BCUT2D eigenvalue weighted by molar-refractivity contribution is 0.468. The molecule has 2 aromatic rings. The summed E-state index contributed by atoms with van der Waals surface area (Å²) in [7, 11) is 1.99. The number of nitrogens with zero attached hydrogens (tertiary/aromatic N) is 1. The molecular weight excluding hydrogens is 258 g/mol. The fourth-order valence-electron chi connectivity index (χ4n) is 2.02. The third-order valence-electron chi connectivity index (χ3n) is 3.27. The van der Waals surface area contributed by atoms with Crippen LogP contribution in [0.5, 0.6) is 5.75 Å². The highest BCUT2D eigenvalue weighted by Crippen LogP contribution is 2.28. The van der Waals surface area contributed by atoms with Gasteiger partial charge in [0.1, 0.15) is 5.75 Å². The van der Waals surface area contributed by atoms with Crippen molar-refractivity contribution < 1.29 is 5.11 Å². The second kappa shape index (κ2) is 5.98. The van der Waals surface area contributed by atoms with Crippen molar-refractivity contribution in [1.29, 1.82) is 0 Å². The predicted molar refractivity (Wildman–Crippen MR) is 81.0 cm³/mol. The van der Waals surface area contributed by atoms with Crippen LogP contribution >= 0.6 is 11.6 Å². The van der Waals surface area contributed by atoms with Crippen LogP contribution in [0.3, 0.4) is 0 Å². The highest BCUT2D eigenvalue weighted by atomic mass is 35.5. The van der Waals surface area contributed by atoms with Gasteiger partial charge in [-0.05, 0) is 36.2 Å². The van der Waals surface area contributed by atoms with E-state index in [1.807, 2.05) is 7.05 Å². The molecule has 0 radical (unpaired) electrons. The number of halogens is 1. The monoisotopic (exact) mass is 275 g/mol. The quantitative estimate of drug-likeness (QED) is 0.902. The van der Waals surface area contributed by atoms with Gasteiger partial charge in [-0.3, -0.25) is 0 Å². The number of anilines is 1. The molecule has 0 spiro atoms. The van der Waals surface area contributed by atoms with Gasteiger partial charge in [-0.15, -0.1) is 0 Å². The predicted octanol–water partition coefficient (Wildman–Crippen LogP) is 4.24. The van der Waals surface area contributed by atoms with Crippen LogP contribution in [0.1, 0.15) is 18.1 Å². The Balaban J connectivity index is 2.18. The molecule has 0 fully saturated rings. The summed E-state index contributed by atoms with van der Waals surface area (Å²) in [6, 6.07) is 13.6. The SMILES string of the molecule is CCc1ccc(N(C)Cc2c(O)cccc2Cl)cc1. The van der Waals surface area contributed by atoms with Crippen molar-refractivity contribution >= 4 is 17.3 Å². The average Bonchev–Trinajstić information content (AvgIpc) is 2.43. The van der Waals surface area contributed by atoms with Crippen LogP contribution in [0.25, 0.3) is 0 Å². The molecule has 1 N–H and O–H groups in total. The Morgan fingerprint density at radius 3 is 2.37 bits per heavy atom. The number of rotatable bonds is 4. The highest BCUT2D eigenvalue weighted by molar-refractivity contribution is 6.31. The summed E-state index contributed by atoms with van der Waals surface area (Å²) in [5, 5.41) is 10.5. The van der Waals surface area contributed by atoms with Crippen molar-refractivity contribution in [2.24, 2.45) is 0 Å². The van der Waals surface area contributed by atoms with Gasteiger partial charge in [-0.1, -0.05) is 36.7 Å². The molecule has 0 saturated carbocycles. The highest BCUT2D eigenvalue weighted by Gasteiger charge is 2.09. The van der Waals surface area contributed by atoms with Crippen molar-refractivity contribution in [2.45, 2.75) is 19.9 Å². The molecule has 0 atom stereocenters. The van der Waals surface area contributed by atoms with Gasteiger partial charge in [0.05, 0.1) is 0 Å². The van der Waals surface area contributed by atoms with Gasteiger partial charge < -0.3 is 10.0 Å². The molecule has 0 aliphatic carbocycles. The van der Waals surface area contributed by atoms with Gasteiger partial charge in [-0.2, -0.15) is 0 Å². The summed E-state index contributed by atoms with van der Waals surface area (Å²) >= 11 is 6.12. The minimum atomic E-state index is 0.240. The zero-order valence-corrected chi connectivity index (χ0v) is 12.0. The summed E-state index contributed by atoms with van der Waals surface area (Å²) in [6.07, 6.45) is 1.04. The van der Waals surface area contributed by atoms with E-state index in [0.29, 0.717) is 11.6 Å².